The topological polar surface area (TPSA) is 9.72 Å². The first-order chi connectivity index (χ1) is 10.6. The third-order valence-electron chi connectivity index (χ3n) is 4.63. The van der Waals surface area contributed by atoms with E-state index in [1.165, 1.54) is 25.9 Å². The van der Waals surface area contributed by atoms with Crippen molar-refractivity contribution in [3.63, 3.8) is 0 Å². The van der Waals surface area contributed by atoms with Gasteiger partial charge in [0.25, 0.3) is 0 Å². The summed E-state index contributed by atoms with van der Waals surface area (Å²) in [6.45, 7) is 7.94. The number of rotatable bonds is 3. The molecular formula is C16H22BrF2N3. The third-order valence-corrected chi connectivity index (χ3v) is 5.25. The SMILES string of the molecule is C[C@@H]1CN(CN2CCCC2)CCN1c1ccc(Br)c(F)c1F. The van der Waals surface area contributed by atoms with Crippen molar-refractivity contribution in [3.05, 3.63) is 28.2 Å². The monoisotopic (exact) mass is 373 g/mol. The minimum absolute atomic E-state index is 0.173. The minimum Gasteiger partial charge on any atom is -0.364 e. The zero-order valence-corrected chi connectivity index (χ0v) is 14.5. The van der Waals surface area contributed by atoms with Crippen LogP contribution in [0, 0.1) is 11.6 Å². The van der Waals surface area contributed by atoms with Crippen molar-refractivity contribution in [1.82, 2.24) is 9.80 Å². The molecule has 22 heavy (non-hydrogen) atoms. The van der Waals surface area contributed by atoms with E-state index in [2.05, 4.69) is 32.7 Å². The second-order valence-electron chi connectivity index (χ2n) is 6.28. The molecule has 2 aliphatic heterocycles. The number of halogens is 3. The maximum atomic E-state index is 14.2. The molecular weight excluding hydrogens is 352 g/mol. The summed E-state index contributed by atoms with van der Waals surface area (Å²) in [7, 11) is 0. The fraction of sp³-hybridized carbons (Fsp3) is 0.625. The predicted molar refractivity (Wildman–Crippen MR) is 88.1 cm³/mol. The van der Waals surface area contributed by atoms with E-state index in [4.69, 9.17) is 0 Å². The van der Waals surface area contributed by atoms with Crippen LogP contribution in [0.15, 0.2) is 16.6 Å². The van der Waals surface area contributed by atoms with Gasteiger partial charge in [0.15, 0.2) is 11.6 Å². The van der Waals surface area contributed by atoms with Crippen molar-refractivity contribution in [1.29, 1.82) is 0 Å². The van der Waals surface area contributed by atoms with Crippen molar-refractivity contribution in [2.75, 3.05) is 44.3 Å². The van der Waals surface area contributed by atoms with E-state index in [-0.39, 0.29) is 10.5 Å². The molecule has 2 aliphatic rings. The Morgan fingerprint density at radius 2 is 1.77 bits per heavy atom. The van der Waals surface area contributed by atoms with Gasteiger partial charge >= 0.3 is 0 Å². The lowest BCUT2D eigenvalue weighted by Crippen LogP contribution is -2.54. The van der Waals surface area contributed by atoms with Gasteiger partial charge < -0.3 is 4.90 Å². The number of piperazine rings is 1. The van der Waals surface area contributed by atoms with E-state index in [1.54, 1.807) is 12.1 Å². The first kappa shape index (κ1) is 16.1. The summed E-state index contributed by atoms with van der Waals surface area (Å²) in [5.41, 5.74) is 0.369. The van der Waals surface area contributed by atoms with Crippen LogP contribution in [-0.2, 0) is 0 Å². The molecule has 0 spiro atoms. The molecule has 122 valence electrons. The zero-order chi connectivity index (χ0) is 15.7. The first-order valence-electron chi connectivity index (χ1n) is 7.91. The van der Waals surface area contributed by atoms with E-state index in [9.17, 15) is 8.78 Å². The van der Waals surface area contributed by atoms with Crippen molar-refractivity contribution in [2.24, 2.45) is 0 Å². The molecule has 0 unspecified atom stereocenters. The van der Waals surface area contributed by atoms with Crippen LogP contribution in [0.25, 0.3) is 0 Å². The molecule has 3 rings (SSSR count). The second-order valence-corrected chi connectivity index (χ2v) is 7.13. The van der Waals surface area contributed by atoms with Crippen LogP contribution in [0.2, 0.25) is 0 Å². The van der Waals surface area contributed by atoms with Crippen molar-refractivity contribution >= 4 is 21.6 Å². The zero-order valence-electron chi connectivity index (χ0n) is 12.9. The summed E-state index contributed by atoms with van der Waals surface area (Å²) in [6.07, 6.45) is 2.58. The van der Waals surface area contributed by atoms with E-state index >= 15 is 0 Å². The van der Waals surface area contributed by atoms with Crippen LogP contribution in [0.4, 0.5) is 14.5 Å². The van der Waals surface area contributed by atoms with E-state index in [0.29, 0.717) is 5.69 Å². The lowest BCUT2D eigenvalue weighted by Gasteiger charge is -2.42. The van der Waals surface area contributed by atoms with Gasteiger partial charge in [0, 0.05) is 25.7 Å². The van der Waals surface area contributed by atoms with Gasteiger partial charge in [0.1, 0.15) is 0 Å². The molecule has 1 aromatic rings. The highest BCUT2D eigenvalue weighted by atomic mass is 79.9. The van der Waals surface area contributed by atoms with Gasteiger partial charge in [0.2, 0.25) is 0 Å². The summed E-state index contributed by atoms with van der Waals surface area (Å²) in [5, 5.41) is 0. The fourth-order valence-corrected chi connectivity index (χ4v) is 3.77. The number of anilines is 1. The second kappa shape index (κ2) is 6.81. The number of hydrogen-bond acceptors (Lipinski definition) is 3. The van der Waals surface area contributed by atoms with Gasteiger partial charge in [-0.15, -0.1) is 0 Å². The van der Waals surface area contributed by atoms with Crippen LogP contribution >= 0.6 is 15.9 Å². The average molecular weight is 374 g/mol. The Hall–Kier alpha value is -0.720. The largest absolute Gasteiger partial charge is 0.364 e. The molecule has 0 aliphatic carbocycles. The van der Waals surface area contributed by atoms with E-state index < -0.39 is 11.6 Å². The van der Waals surface area contributed by atoms with Crippen LogP contribution in [0.1, 0.15) is 19.8 Å². The Bertz CT molecular complexity index is 534. The summed E-state index contributed by atoms with van der Waals surface area (Å²) in [4.78, 5) is 6.87. The van der Waals surface area contributed by atoms with Crippen molar-refractivity contribution in [2.45, 2.75) is 25.8 Å². The Balaban J connectivity index is 1.66. The molecule has 2 saturated heterocycles. The molecule has 0 N–H and O–H groups in total. The molecule has 0 radical (unpaired) electrons. The molecule has 0 amide bonds. The van der Waals surface area contributed by atoms with Crippen LogP contribution in [0.3, 0.4) is 0 Å². The summed E-state index contributed by atoms with van der Waals surface area (Å²) >= 11 is 3.03. The van der Waals surface area contributed by atoms with Crippen molar-refractivity contribution in [3.8, 4) is 0 Å². The fourth-order valence-electron chi connectivity index (χ4n) is 3.46. The van der Waals surface area contributed by atoms with E-state index in [0.717, 1.165) is 26.3 Å². The highest BCUT2D eigenvalue weighted by Gasteiger charge is 2.28. The summed E-state index contributed by atoms with van der Waals surface area (Å²) < 4.78 is 28.1. The Labute approximate surface area is 139 Å². The van der Waals surface area contributed by atoms with Gasteiger partial charge in [-0.25, -0.2) is 8.78 Å². The number of benzene rings is 1. The van der Waals surface area contributed by atoms with Gasteiger partial charge in [-0.2, -0.15) is 0 Å². The Morgan fingerprint density at radius 3 is 2.45 bits per heavy atom. The van der Waals surface area contributed by atoms with Crippen LogP contribution in [-0.4, -0.2) is 55.2 Å². The van der Waals surface area contributed by atoms with Gasteiger partial charge in [-0.1, -0.05) is 0 Å². The highest BCUT2D eigenvalue weighted by molar-refractivity contribution is 9.10. The highest BCUT2D eigenvalue weighted by Crippen LogP contribution is 2.29. The normalized spacial score (nSPS) is 24.2. The first-order valence-corrected chi connectivity index (χ1v) is 8.70. The molecule has 3 nitrogen and oxygen atoms in total. The molecule has 2 heterocycles. The number of hydrogen-bond donors (Lipinski definition) is 0. The Morgan fingerprint density at radius 1 is 1.05 bits per heavy atom. The van der Waals surface area contributed by atoms with E-state index in [1.807, 2.05) is 4.90 Å². The summed E-state index contributed by atoms with van der Waals surface area (Å²) in [5.74, 6) is -1.56. The number of likely N-dealkylation sites (tertiary alicyclic amines) is 1. The lowest BCUT2D eigenvalue weighted by atomic mass is 10.1. The van der Waals surface area contributed by atoms with Crippen LogP contribution in [0.5, 0.6) is 0 Å². The maximum absolute atomic E-state index is 14.2. The smallest absolute Gasteiger partial charge is 0.183 e. The predicted octanol–water partition coefficient (Wildman–Crippen LogP) is 3.29. The molecule has 0 aromatic heterocycles. The third kappa shape index (κ3) is 3.29. The minimum atomic E-state index is -0.802. The van der Waals surface area contributed by atoms with Gasteiger partial charge in [-0.3, -0.25) is 9.80 Å². The molecule has 0 saturated carbocycles. The molecule has 6 heteroatoms. The van der Waals surface area contributed by atoms with Crippen LogP contribution < -0.4 is 4.90 Å². The Kier molecular flexibility index (Phi) is 5.00. The molecule has 0 bridgehead atoms. The van der Waals surface area contributed by atoms with Crippen molar-refractivity contribution < 1.29 is 8.78 Å². The lowest BCUT2D eigenvalue weighted by molar-refractivity contribution is 0.132. The quantitative estimate of drug-likeness (QED) is 0.752. The molecule has 2 fully saturated rings. The molecule has 1 atom stereocenters. The average Bonchev–Trinajstić information content (AvgIpc) is 2.99. The maximum Gasteiger partial charge on any atom is 0.183 e. The van der Waals surface area contributed by atoms with Gasteiger partial charge in [-0.05, 0) is 60.9 Å². The van der Waals surface area contributed by atoms with Gasteiger partial charge in [0.05, 0.1) is 16.8 Å². The standard InChI is InChI=1S/C16H22BrF2N3/c1-12-10-21(11-20-6-2-3-7-20)8-9-22(12)14-5-4-13(17)15(18)16(14)19/h4-5,12H,2-3,6-11H2,1H3/t12-/m1/s1. The summed E-state index contributed by atoms with van der Waals surface area (Å²) in [6, 6.07) is 3.41. The number of nitrogens with zero attached hydrogens (tertiary/aromatic N) is 3. The molecule has 1 aromatic carbocycles.